The predicted octanol–water partition coefficient (Wildman–Crippen LogP) is 4.51. The van der Waals surface area contributed by atoms with Gasteiger partial charge in [-0.2, -0.15) is 0 Å². The molecule has 0 saturated carbocycles. The Morgan fingerprint density at radius 2 is 1.82 bits per heavy atom. The summed E-state index contributed by atoms with van der Waals surface area (Å²) < 4.78 is 1.94. The molecular weight excluding hydrogens is 312 g/mol. The van der Waals surface area contributed by atoms with Crippen molar-refractivity contribution in [3.8, 4) is 0 Å². The number of hydrogen-bond donors (Lipinski definition) is 0. The van der Waals surface area contributed by atoms with Gasteiger partial charge < -0.3 is 4.57 Å². The van der Waals surface area contributed by atoms with Crippen LogP contribution in [0.2, 0.25) is 0 Å². The number of thioether (sulfide) groups is 2. The van der Waals surface area contributed by atoms with E-state index < -0.39 is 0 Å². The highest BCUT2D eigenvalue weighted by molar-refractivity contribution is 8.18. The third-order valence-electron chi connectivity index (χ3n) is 3.47. The highest BCUT2D eigenvalue weighted by atomic mass is 32.2. The maximum Gasteiger partial charge on any atom is 0.203 e. The van der Waals surface area contributed by atoms with Gasteiger partial charge in [-0.05, 0) is 24.0 Å². The molecule has 0 aliphatic carbocycles. The van der Waals surface area contributed by atoms with Gasteiger partial charge in [-0.15, -0.1) is 23.5 Å². The number of carbonyl (C=O) groups excluding carboxylic acids is 1. The van der Waals surface area contributed by atoms with Crippen LogP contribution >= 0.6 is 23.5 Å². The van der Waals surface area contributed by atoms with E-state index in [0.717, 1.165) is 11.5 Å². The van der Waals surface area contributed by atoms with Crippen LogP contribution in [0.25, 0.3) is 0 Å². The highest BCUT2D eigenvalue weighted by Crippen LogP contribution is 2.28. The number of benzene rings is 1. The number of carbonyl (C=O) groups is 1. The summed E-state index contributed by atoms with van der Waals surface area (Å²) in [5.74, 6) is 2.04. The SMILES string of the molecule is CCSC(SCC)C(=O)c1cncn1[C@H](C)c1ccccc1. The Hall–Kier alpha value is -1.20. The molecule has 0 radical (unpaired) electrons. The van der Waals surface area contributed by atoms with Crippen molar-refractivity contribution in [3.63, 3.8) is 0 Å². The Balaban J connectivity index is 2.26. The molecule has 3 nitrogen and oxygen atoms in total. The van der Waals surface area contributed by atoms with Crippen molar-refractivity contribution < 1.29 is 4.79 Å². The molecule has 2 rings (SSSR count). The van der Waals surface area contributed by atoms with Crippen molar-refractivity contribution >= 4 is 29.3 Å². The number of imidazole rings is 1. The summed E-state index contributed by atoms with van der Waals surface area (Å²) in [6.07, 6.45) is 3.45. The molecule has 0 N–H and O–H groups in total. The molecule has 0 fully saturated rings. The molecule has 5 heteroatoms. The average Bonchev–Trinajstić information content (AvgIpc) is 3.03. The summed E-state index contributed by atoms with van der Waals surface area (Å²) in [5.41, 5.74) is 1.88. The zero-order valence-electron chi connectivity index (χ0n) is 13.2. The van der Waals surface area contributed by atoms with Gasteiger partial charge >= 0.3 is 0 Å². The van der Waals surface area contributed by atoms with Crippen LogP contribution in [0.3, 0.4) is 0 Å². The lowest BCUT2D eigenvalue weighted by Crippen LogP contribution is -2.20. The van der Waals surface area contributed by atoms with Crippen molar-refractivity contribution in [3.05, 3.63) is 54.1 Å². The van der Waals surface area contributed by atoms with Gasteiger partial charge in [-0.25, -0.2) is 4.98 Å². The standard InChI is InChI=1S/C17H22N2OS2/c1-4-21-17(22-5-2)16(20)15-11-18-12-19(15)13(3)14-9-7-6-8-10-14/h6-13,17H,4-5H2,1-3H3/t13-/m1/s1. The van der Waals surface area contributed by atoms with Crippen LogP contribution in [0.4, 0.5) is 0 Å². The first-order valence-corrected chi connectivity index (χ1v) is 9.63. The van der Waals surface area contributed by atoms with Crippen LogP contribution in [0.15, 0.2) is 42.9 Å². The molecule has 0 amide bonds. The maximum atomic E-state index is 12.8. The van der Waals surface area contributed by atoms with E-state index in [1.165, 1.54) is 5.56 Å². The van der Waals surface area contributed by atoms with Gasteiger partial charge in [-0.3, -0.25) is 4.79 Å². The maximum absolute atomic E-state index is 12.8. The molecule has 1 aromatic carbocycles. The Bertz CT molecular complexity index is 592. The normalized spacial score (nSPS) is 12.5. The average molecular weight is 335 g/mol. The number of Topliss-reactive ketones (excluding diaryl/α,β-unsaturated/α-hetero) is 1. The first kappa shape index (κ1) is 17.2. The van der Waals surface area contributed by atoms with Gasteiger partial charge in [0, 0.05) is 0 Å². The zero-order valence-corrected chi connectivity index (χ0v) is 14.9. The van der Waals surface area contributed by atoms with Crippen molar-refractivity contribution in [2.24, 2.45) is 0 Å². The molecule has 0 unspecified atom stereocenters. The second-order valence-electron chi connectivity index (χ2n) is 4.88. The fourth-order valence-electron chi connectivity index (χ4n) is 2.32. The van der Waals surface area contributed by atoms with E-state index in [9.17, 15) is 4.79 Å². The summed E-state index contributed by atoms with van der Waals surface area (Å²) in [4.78, 5) is 17.1. The minimum atomic E-state index is -0.0478. The van der Waals surface area contributed by atoms with Gasteiger partial charge in [0.05, 0.1) is 18.6 Å². The largest absolute Gasteiger partial charge is 0.321 e. The topological polar surface area (TPSA) is 34.9 Å². The van der Waals surface area contributed by atoms with Crippen molar-refractivity contribution in [1.82, 2.24) is 9.55 Å². The Kier molecular flexibility index (Phi) is 6.58. The number of ketones is 1. The van der Waals surface area contributed by atoms with Gasteiger partial charge in [0.2, 0.25) is 5.78 Å². The molecule has 1 atom stereocenters. The van der Waals surface area contributed by atoms with E-state index >= 15 is 0 Å². The molecular formula is C17H22N2OS2. The number of rotatable bonds is 8. The monoisotopic (exact) mass is 334 g/mol. The third-order valence-corrected chi connectivity index (χ3v) is 5.98. The predicted molar refractivity (Wildman–Crippen MR) is 96.9 cm³/mol. The molecule has 0 aliphatic heterocycles. The van der Waals surface area contributed by atoms with Crippen LogP contribution in [-0.4, -0.2) is 31.4 Å². The Morgan fingerprint density at radius 3 is 2.41 bits per heavy atom. The van der Waals surface area contributed by atoms with Crippen molar-refractivity contribution in [2.45, 2.75) is 31.4 Å². The van der Waals surface area contributed by atoms with Crippen LogP contribution in [0, 0.1) is 0 Å². The molecule has 118 valence electrons. The lowest BCUT2D eigenvalue weighted by Gasteiger charge is -2.19. The molecule has 1 aromatic heterocycles. The van der Waals surface area contributed by atoms with E-state index in [1.54, 1.807) is 36.0 Å². The first-order chi connectivity index (χ1) is 10.7. The van der Waals surface area contributed by atoms with Crippen molar-refractivity contribution in [2.75, 3.05) is 11.5 Å². The zero-order chi connectivity index (χ0) is 15.9. The third kappa shape index (κ3) is 3.96. The summed E-state index contributed by atoms with van der Waals surface area (Å²) in [7, 11) is 0. The fraction of sp³-hybridized carbons (Fsp3) is 0.412. The summed E-state index contributed by atoms with van der Waals surface area (Å²) >= 11 is 3.39. The fourth-order valence-corrected chi connectivity index (χ4v) is 4.67. The van der Waals surface area contributed by atoms with Gasteiger partial charge in [0.1, 0.15) is 10.3 Å². The Labute approximate surface area is 140 Å². The van der Waals surface area contributed by atoms with Crippen molar-refractivity contribution in [1.29, 1.82) is 0 Å². The molecule has 2 aromatic rings. The van der Waals surface area contributed by atoms with E-state index in [-0.39, 0.29) is 16.4 Å². The van der Waals surface area contributed by atoms with E-state index in [1.807, 2.05) is 22.8 Å². The van der Waals surface area contributed by atoms with Gasteiger partial charge in [0.15, 0.2) is 0 Å². The quantitative estimate of drug-likeness (QED) is 0.525. The minimum absolute atomic E-state index is 0.0478. The lowest BCUT2D eigenvalue weighted by molar-refractivity contribution is 0.100. The van der Waals surface area contributed by atoms with Crippen LogP contribution < -0.4 is 0 Å². The molecule has 0 aliphatic rings. The Morgan fingerprint density at radius 1 is 1.18 bits per heavy atom. The number of aromatic nitrogens is 2. The minimum Gasteiger partial charge on any atom is -0.321 e. The summed E-state index contributed by atoms with van der Waals surface area (Å²) in [6, 6.07) is 10.3. The van der Waals surface area contributed by atoms with Crippen LogP contribution in [-0.2, 0) is 0 Å². The number of hydrogen-bond acceptors (Lipinski definition) is 4. The van der Waals surface area contributed by atoms with Crippen LogP contribution in [0.5, 0.6) is 0 Å². The lowest BCUT2D eigenvalue weighted by atomic mass is 10.1. The van der Waals surface area contributed by atoms with Crippen LogP contribution in [0.1, 0.15) is 42.9 Å². The smallest absolute Gasteiger partial charge is 0.203 e. The molecule has 0 saturated heterocycles. The number of nitrogens with zero attached hydrogens (tertiary/aromatic N) is 2. The molecule has 22 heavy (non-hydrogen) atoms. The van der Waals surface area contributed by atoms with Gasteiger partial charge in [-0.1, -0.05) is 44.2 Å². The summed E-state index contributed by atoms with van der Waals surface area (Å²) in [6.45, 7) is 6.28. The van der Waals surface area contributed by atoms with E-state index in [0.29, 0.717) is 5.69 Å². The summed E-state index contributed by atoms with van der Waals surface area (Å²) in [5, 5.41) is 0. The first-order valence-electron chi connectivity index (χ1n) is 7.53. The molecule has 0 spiro atoms. The molecule has 1 heterocycles. The molecule has 0 bridgehead atoms. The van der Waals surface area contributed by atoms with E-state index in [4.69, 9.17) is 0 Å². The van der Waals surface area contributed by atoms with Gasteiger partial charge in [0.25, 0.3) is 0 Å². The second-order valence-corrected chi connectivity index (χ2v) is 7.94. The second kappa shape index (κ2) is 8.44. The highest BCUT2D eigenvalue weighted by Gasteiger charge is 2.24. The van der Waals surface area contributed by atoms with E-state index in [2.05, 4.69) is 37.9 Å².